The Morgan fingerprint density at radius 2 is 2.08 bits per heavy atom. The lowest BCUT2D eigenvalue weighted by Crippen LogP contribution is -2.49. The molecule has 1 saturated heterocycles. The summed E-state index contributed by atoms with van der Waals surface area (Å²) in [6.45, 7) is 1.68. The molecule has 0 spiro atoms. The van der Waals surface area contributed by atoms with Crippen LogP contribution in [0.1, 0.15) is 24.8 Å². The van der Waals surface area contributed by atoms with E-state index in [-0.39, 0.29) is 24.3 Å². The lowest BCUT2D eigenvalue weighted by atomic mass is 10.0. The predicted octanol–water partition coefficient (Wildman–Crippen LogP) is 0.689. The van der Waals surface area contributed by atoms with Gasteiger partial charge >= 0.3 is 0 Å². The van der Waals surface area contributed by atoms with Gasteiger partial charge in [0, 0.05) is 31.6 Å². The number of piperazine rings is 1. The summed E-state index contributed by atoms with van der Waals surface area (Å²) in [5.74, 6) is 0.671. The number of anilines is 1. The number of amides is 3. The van der Waals surface area contributed by atoms with Crippen molar-refractivity contribution >= 4 is 23.4 Å². The maximum Gasteiger partial charge on any atom is 0.239 e. The fourth-order valence-electron chi connectivity index (χ4n) is 2.87. The zero-order chi connectivity index (χ0) is 16.9. The van der Waals surface area contributed by atoms with Crippen LogP contribution in [0, 0.1) is 0 Å². The van der Waals surface area contributed by atoms with Gasteiger partial charge in [-0.15, -0.1) is 0 Å². The Morgan fingerprint density at radius 3 is 2.92 bits per heavy atom. The predicted molar refractivity (Wildman–Crippen MR) is 87.7 cm³/mol. The maximum absolute atomic E-state index is 12.0. The van der Waals surface area contributed by atoms with E-state index < -0.39 is 0 Å². The van der Waals surface area contributed by atoms with Crippen molar-refractivity contribution in [1.82, 2.24) is 10.2 Å². The molecule has 0 bridgehead atoms. The first kappa shape index (κ1) is 16.3. The van der Waals surface area contributed by atoms with Crippen LogP contribution in [0.4, 0.5) is 5.69 Å². The van der Waals surface area contributed by atoms with Gasteiger partial charge in [-0.05, 0) is 36.6 Å². The smallest absolute Gasteiger partial charge is 0.239 e. The quantitative estimate of drug-likeness (QED) is 0.777. The van der Waals surface area contributed by atoms with Gasteiger partial charge in [0.15, 0.2) is 0 Å². The molecule has 0 radical (unpaired) electrons. The first-order chi connectivity index (χ1) is 11.6. The summed E-state index contributed by atoms with van der Waals surface area (Å²) in [4.78, 5) is 36.2. The van der Waals surface area contributed by atoms with Crippen molar-refractivity contribution in [2.75, 3.05) is 31.6 Å². The van der Waals surface area contributed by atoms with Gasteiger partial charge in [0.25, 0.3) is 0 Å². The Morgan fingerprint density at radius 1 is 1.21 bits per heavy atom. The molecule has 0 unspecified atom stereocenters. The van der Waals surface area contributed by atoms with Crippen LogP contribution in [-0.4, -0.2) is 48.9 Å². The van der Waals surface area contributed by atoms with E-state index in [1.807, 2.05) is 18.2 Å². The van der Waals surface area contributed by atoms with E-state index in [0.717, 1.165) is 17.0 Å². The van der Waals surface area contributed by atoms with Crippen molar-refractivity contribution in [3.05, 3.63) is 23.8 Å². The zero-order valence-corrected chi connectivity index (χ0v) is 13.5. The first-order valence-corrected chi connectivity index (χ1v) is 8.22. The third kappa shape index (κ3) is 4.04. The molecule has 3 rings (SSSR count). The Hall–Kier alpha value is -2.57. The van der Waals surface area contributed by atoms with Crippen molar-refractivity contribution in [2.45, 2.75) is 25.7 Å². The fraction of sp³-hybridized carbons (Fsp3) is 0.471. The first-order valence-electron chi connectivity index (χ1n) is 8.22. The molecule has 1 fully saturated rings. The highest BCUT2D eigenvalue weighted by Gasteiger charge is 2.20. The van der Waals surface area contributed by atoms with Crippen molar-refractivity contribution in [1.29, 1.82) is 0 Å². The second-order valence-electron chi connectivity index (χ2n) is 5.98. The lowest BCUT2D eigenvalue weighted by Gasteiger charge is -2.26. The molecule has 1 aromatic rings. The number of carbonyl (C=O) groups excluding carboxylic acids is 3. The average Bonchev–Trinajstić information content (AvgIpc) is 2.58. The van der Waals surface area contributed by atoms with Crippen LogP contribution in [0.3, 0.4) is 0 Å². The maximum atomic E-state index is 12.0. The van der Waals surface area contributed by atoms with E-state index in [2.05, 4.69) is 10.6 Å². The molecular weight excluding hydrogens is 310 g/mol. The number of hydrogen-bond acceptors (Lipinski definition) is 4. The Labute approximate surface area is 140 Å². The van der Waals surface area contributed by atoms with E-state index in [4.69, 9.17) is 4.74 Å². The third-order valence-electron chi connectivity index (χ3n) is 4.17. The molecule has 1 aromatic carbocycles. The second kappa shape index (κ2) is 7.33. The highest BCUT2D eigenvalue weighted by Crippen LogP contribution is 2.26. The molecule has 7 heteroatoms. The number of fused-ring (bicyclic) bond motifs is 1. The minimum absolute atomic E-state index is 0.0124. The zero-order valence-electron chi connectivity index (χ0n) is 13.5. The van der Waals surface area contributed by atoms with Gasteiger partial charge in [-0.2, -0.15) is 0 Å². The molecule has 7 nitrogen and oxygen atoms in total. The van der Waals surface area contributed by atoms with E-state index >= 15 is 0 Å². The summed E-state index contributed by atoms with van der Waals surface area (Å²) < 4.78 is 5.70. The van der Waals surface area contributed by atoms with Gasteiger partial charge in [0.1, 0.15) is 5.75 Å². The Balaban J connectivity index is 1.43. The minimum Gasteiger partial charge on any atom is -0.494 e. The van der Waals surface area contributed by atoms with Gasteiger partial charge in [-0.1, -0.05) is 0 Å². The van der Waals surface area contributed by atoms with Gasteiger partial charge in [-0.3, -0.25) is 14.4 Å². The SMILES string of the molecule is O=C1CN(C(=O)CCCOc2ccc3c(c2)CCC(=O)N3)CCN1. The fourth-order valence-corrected chi connectivity index (χ4v) is 2.87. The number of hydrogen-bond donors (Lipinski definition) is 2. The van der Waals surface area contributed by atoms with Gasteiger partial charge in [0.05, 0.1) is 13.2 Å². The summed E-state index contributed by atoms with van der Waals surface area (Å²) in [6, 6.07) is 5.60. The number of benzene rings is 1. The number of rotatable bonds is 5. The summed E-state index contributed by atoms with van der Waals surface area (Å²) in [5, 5.41) is 5.53. The molecule has 0 aromatic heterocycles. The standard InChI is InChI=1S/C17H21N3O4/c21-15-6-3-12-10-13(4-5-14(12)19-15)24-9-1-2-17(23)20-8-7-18-16(22)11-20/h4-5,10H,1-3,6-9,11H2,(H,18,22)(H,19,21). The average molecular weight is 331 g/mol. The second-order valence-corrected chi connectivity index (χ2v) is 5.98. The lowest BCUT2D eigenvalue weighted by molar-refractivity contribution is -0.138. The highest BCUT2D eigenvalue weighted by molar-refractivity contribution is 5.94. The number of ether oxygens (including phenoxy) is 1. The molecule has 2 aliphatic rings. The summed E-state index contributed by atoms with van der Waals surface area (Å²) in [7, 11) is 0. The molecule has 2 aliphatic heterocycles. The topological polar surface area (TPSA) is 87.7 Å². The van der Waals surface area contributed by atoms with Crippen molar-refractivity contribution in [2.24, 2.45) is 0 Å². The highest BCUT2D eigenvalue weighted by atomic mass is 16.5. The molecule has 0 aliphatic carbocycles. The molecular formula is C17H21N3O4. The van der Waals surface area contributed by atoms with E-state index in [9.17, 15) is 14.4 Å². The minimum atomic E-state index is -0.105. The molecule has 24 heavy (non-hydrogen) atoms. The molecule has 0 atom stereocenters. The van der Waals surface area contributed by atoms with E-state index in [1.165, 1.54) is 0 Å². The van der Waals surface area contributed by atoms with Gasteiger partial charge in [0.2, 0.25) is 17.7 Å². The molecule has 3 amide bonds. The Kier molecular flexibility index (Phi) is 4.98. The molecule has 0 saturated carbocycles. The van der Waals surface area contributed by atoms with Gasteiger partial charge in [-0.25, -0.2) is 0 Å². The van der Waals surface area contributed by atoms with Crippen LogP contribution in [0.25, 0.3) is 0 Å². The van der Waals surface area contributed by atoms with Crippen LogP contribution in [0.2, 0.25) is 0 Å². The molecule has 128 valence electrons. The van der Waals surface area contributed by atoms with Crippen LogP contribution in [-0.2, 0) is 20.8 Å². The third-order valence-corrected chi connectivity index (χ3v) is 4.17. The normalized spacial score (nSPS) is 16.9. The number of carbonyl (C=O) groups is 3. The number of nitrogens with one attached hydrogen (secondary N) is 2. The van der Waals surface area contributed by atoms with Crippen molar-refractivity contribution in [3.8, 4) is 5.75 Å². The van der Waals surface area contributed by atoms with Crippen molar-refractivity contribution in [3.63, 3.8) is 0 Å². The van der Waals surface area contributed by atoms with Crippen LogP contribution >= 0.6 is 0 Å². The summed E-state index contributed by atoms with van der Waals surface area (Å²) in [5.41, 5.74) is 1.92. The monoisotopic (exact) mass is 331 g/mol. The largest absolute Gasteiger partial charge is 0.494 e. The van der Waals surface area contributed by atoms with E-state index in [0.29, 0.717) is 45.4 Å². The molecule has 2 heterocycles. The molecule has 2 N–H and O–H groups in total. The summed E-state index contributed by atoms with van der Waals surface area (Å²) in [6.07, 6.45) is 2.18. The Bertz CT molecular complexity index is 659. The van der Waals surface area contributed by atoms with Crippen molar-refractivity contribution < 1.29 is 19.1 Å². The number of nitrogens with zero attached hydrogens (tertiary/aromatic N) is 1. The van der Waals surface area contributed by atoms with E-state index in [1.54, 1.807) is 4.90 Å². The summed E-state index contributed by atoms with van der Waals surface area (Å²) >= 11 is 0. The number of aryl methyl sites for hydroxylation is 1. The van der Waals surface area contributed by atoms with Crippen LogP contribution in [0.15, 0.2) is 18.2 Å². The van der Waals surface area contributed by atoms with Crippen LogP contribution in [0.5, 0.6) is 5.75 Å². The van der Waals surface area contributed by atoms with Crippen LogP contribution < -0.4 is 15.4 Å². The van der Waals surface area contributed by atoms with Gasteiger partial charge < -0.3 is 20.3 Å².